The number of nitrogens with one attached hydrogen (secondary N) is 1. The predicted molar refractivity (Wildman–Crippen MR) is 99.0 cm³/mol. The number of guanidine groups is 1. The lowest BCUT2D eigenvalue weighted by Crippen LogP contribution is -2.37. The van der Waals surface area contributed by atoms with Crippen LogP contribution in [0.2, 0.25) is 25.3 Å². The molecule has 1 aliphatic rings. The van der Waals surface area contributed by atoms with Crippen molar-refractivity contribution in [3.63, 3.8) is 0 Å². The number of hydrogen-bond donors (Lipinski definition) is 1. The molecule has 1 aliphatic heterocycles. The number of nitrogens with zero attached hydrogens (tertiary/aromatic N) is 2. The second kappa shape index (κ2) is 12.6. The van der Waals surface area contributed by atoms with Crippen LogP contribution in [0.4, 0.5) is 0 Å². The zero-order valence-corrected chi connectivity index (χ0v) is 14.5. The number of hydrogen-bond acceptors (Lipinski definition) is 1. The highest BCUT2D eigenvalue weighted by atomic mass is 31.0. The molecule has 20 heavy (non-hydrogen) atoms. The largest absolute Gasteiger partial charge is 0.356 e. The van der Waals surface area contributed by atoms with Gasteiger partial charge in [0.05, 0.1) is 0 Å². The summed E-state index contributed by atoms with van der Waals surface area (Å²) in [7, 11) is 5.58. The van der Waals surface area contributed by atoms with Crippen molar-refractivity contribution in [2.24, 2.45) is 4.99 Å². The van der Waals surface area contributed by atoms with Gasteiger partial charge in [-0.15, -0.1) is 0 Å². The molecule has 0 aromatic carbocycles. The standard InChI is InChI=1S/C14H32B2N3P/c1-2-3-7-15-8-4-11-17-14-18-12-5-9-16-10-6-13-19(14)20/h15-16H,2-13,20H2,1H3,(H,17,18). The average molecular weight is 295 g/mol. The van der Waals surface area contributed by atoms with Crippen LogP contribution in [0.15, 0.2) is 4.99 Å². The molecule has 0 saturated carbocycles. The maximum Gasteiger partial charge on any atom is 0.196 e. The van der Waals surface area contributed by atoms with Gasteiger partial charge in [-0.3, -0.25) is 4.99 Å². The summed E-state index contributed by atoms with van der Waals surface area (Å²) in [5.74, 6) is 1.09. The minimum atomic E-state index is 0.972. The summed E-state index contributed by atoms with van der Waals surface area (Å²) in [6, 6.07) is 0. The Bertz CT molecular complexity index is 265. The van der Waals surface area contributed by atoms with E-state index in [2.05, 4.69) is 26.3 Å². The Morgan fingerprint density at radius 1 is 1.30 bits per heavy atom. The van der Waals surface area contributed by atoms with E-state index in [4.69, 9.17) is 4.99 Å². The van der Waals surface area contributed by atoms with E-state index < -0.39 is 0 Å². The normalized spacial score (nSPS) is 19.3. The molecular formula is C14H32B2N3P. The average Bonchev–Trinajstić information content (AvgIpc) is 2.46. The second-order valence-electron chi connectivity index (χ2n) is 5.86. The Morgan fingerprint density at radius 2 is 2.10 bits per heavy atom. The Labute approximate surface area is 129 Å². The van der Waals surface area contributed by atoms with Crippen LogP contribution in [-0.2, 0) is 0 Å². The van der Waals surface area contributed by atoms with E-state index in [0.717, 1.165) is 25.6 Å². The van der Waals surface area contributed by atoms with E-state index in [0.29, 0.717) is 0 Å². The van der Waals surface area contributed by atoms with E-state index in [-0.39, 0.29) is 0 Å². The van der Waals surface area contributed by atoms with Crippen LogP contribution in [0.5, 0.6) is 0 Å². The Balaban J connectivity index is 2.22. The molecule has 1 fully saturated rings. The third-order valence-corrected chi connectivity index (χ3v) is 4.41. The molecule has 0 bridgehead atoms. The molecule has 1 heterocycles. The topological polar surface area (TPSA) is 27.6 Å². The van der Waals surface area contributed by atoms with Crippen LogP contribution in [-0.4, -0.2) is 44.8 Å². The smallest absolute Gasteiger partial charge is 0.196 e. The van der Waals surface area contributed by atoms with Crippen molar-refractivity contribution in [1.82, 2.24) is 9.99 Å². The molecule has 1 N–H and O–H groups in total. The maximum absolute atomic E-state index is 4.77. The highest BCUT2D eigenvalue weighted by Gasteiger charge is 2.07. The number of unbranched alkanes of at least 4 members (excludes halogenated alkanes) is 1. The van der Waals surface area contributed by atoms with E-state index in [1.165, 1.54) is 71.9 Å². The van der Waals surface area contributed by atoms with Crippen LogP contribution >= 0.6 is 9.39 Å². The van der Waals surface area contributed by atoms with Crippen molar-refractivity contribution in [2.45, 2.75) is 64.3 Å². The predicted octanol–water partition coefficient (Wildman–Crippen LogP) is 2.55. The SMILES string of the molecule is CCCCBCCC/N=C1\NCCCBCCCN1P. The lowest BCUT2D eigenvalue weighted by atomic mass is 9.69. The van der Waals surface area contributed by atoms with E-state index in [9.17, 15) is 0 Å². The first-order valence-corrected chi connectivity index (χ1v) is 9.16. The van der Waals surface area contributed by atoms with Crippen molar-refractivity contribution in [3.05, 3.63) is 0 Å². The molecule has 114 valence electrons. The first kappa shape index (κ1) is 17.9. The quantitative estimate of drug-likeness (QED) is 0.444. The lowest BCUT2D eigenvalue weighted by Gasteiger charge is -2.23. The molecule has 6 heteroatoms. The van der Waals surface area contributed by atoms with Crippen molar-refractivity contribution in [3.8, 4) is 0 Å². The fourth-order valence-corrected chi connectivity index (χ4v) is 2.92. The molecule has 0 amide bonds. The molecule has 1 rings (SSSR count). The Kier molecular flexibility index (Phi) is 11.2. The highest BCUT2D eigenvalue weighted by molar-refractivity contribution is 7.14. The molecule has 0 spiro atoms. The van der Waals surface area contributed by atoms with Gasteiger partial charge >= 0.3 is 0 Å². The van der Waals surface area contributed by atoms with Crippen LogP contribution in [0.1, 0.15) is 39.0 Å². The van der Waals surface area contributed by atoms with Crippen LogP contribution in [0.25, 0.3) is 0 Å². The summed E-state index contributed by atoms with van der Waals surface area (Å²) in [4.78, 5) is 4.77. The minimum absolute atomic E-state index is 0.972. The van der Waals surface area contributed by atoms with Crippen molar-refractivity contribution < 1.29 is 0 Å². The van der Waals surface area contributed by atoms with Crippen LogP contribution in [0.3, 0.4) is 0 Å². The van der Waals surface area contributed by atoms with Gasteiger partial charge in [-0.25, -0.2) is 0 Å². The summed E-state index contributed by atoms with van der Waals surface area (Å²) in [6.45, 7) is 5.41. The minimum Gasteiger partial charge on any atom is -0.356 e. The van der Waals surface area contributed by atoms with Gasteiger partial charge in [-0.1, -0.05) is 45.0 Å². The first-order valence-electron chi connectivity index (χ1n) is 8.65. The Hall–Kier alpha value is -0.170. The molecule has 1 atom stereocenters. The van der Waals surface area contributed by atoms with Gasteiger partial charge in [0.2, 0.25) is 0 Å². The van der Waals surface area contributed by atoms with Gasteiger partial charge in [0.15, 0.2) is 5.96 Å². The third kappa shape index (κ3) is 8.89. The summed E-state index contributed by atoms with van der Waals surface area (Å²) >= 11 is 0. The molecule has 1 unspecified atom stereocenters. The first-order chi connectivity index (χ1) is 9.84. The van der Waals surface area contributed by atoms with E-state index in [1.54, 1.807) is 0 Å². The van der Waals surface area contributed by atoms with Gasteiger partial charge < -0.3 is 9.99 Å². The fraction of sp³-hybridized carbons (Fsp3) is 0.929. The summed E-state index contributed by atoms with van der Waals surface area (Å²) in [5.41, 5.74) is 0. The zero-order chi connectivity index (χ0) is 14.5. The lowest BCUT2D eigenvalue weighted by molar-refractivity contribution is 0.605. The third-order valence-electron chi connectivity index (χ3n) is 3.90. The fourth-order valence-electron chi connectivity index (χ4n) is 2.57. The van der Waals surface area contributed by atoms with Crippen molar-refractivity contribution in [2.75, 3.05) is 19.6 Å². The molecule has 0 aromatic rings. The summed E-state index contributed by atoms with van der Waals surface area (Å²) in [6.07, 6.45) is 11.9. The number of rotatable bonds is 7. The second-order valence-corrected chi connectivity index (χ2v) is 6.48. The van der Waals surface area contributed by atoms with Crippen LogP contribution in [0, 0.1) is 0 Å². The van der Waals surface area contributed by atoms with Gasteiger partial charge in [-0.05, 0) is 28.7 Å². The Morgan fingerprint density at radius 3 is 2.95 bits per heavy atom. The van der Waals surface area contributed by atoms with Gasteiger partial charge in [0.25, 0.3) is 0 Å². The van der Waals surface area contributed by atoms with Gasteiger partial charge in [-0.2, -0.15) is 0 Å². The molecule has 0 aromatic heterocycles. The molecule has 0 aliphatic carbocycles. The highest BCUT2D eigenvalue weighted by Crippen LogP contribution is 2.07. The van der Waals surface area contributed by atoms with Crippen molar-refractivity contribution in [1.29, 1.82) is 0 Å². The van der Waals surface area contributed by atoms with E-state index in [1.807, 2.05) is 0 Å². The number of aliphatic imine (C=N–C) groups is 1. The summed E-state index contributed by atoms with van der Waals surface area (Å²) < 4.78 is 2.22. The van der Waals surface area contributed by atoms with Crippen LogP contribution < -0.4 is 5.32 Å². The molecule has 1 saturated heterocycles. The molecule has 0 radical (unpaired) electrons. The summed E-state index contributed by atoms with van der Waals surface area (Å²) in [5, 5.41) is 3.51. The maximum atomic E-state index is 4.77. The van der Waals surface area contributed by atoms with Gasteiger partial charge in [0, 0.05) is 19.6 Å². The zero-order valence-electron chi connectivity index (χ0n) is 13.4. The molecule has 3 nitrogen and oxygen atoms in total. The van der Waals surface area contributed by atoms with Crippen molar-refractivity contribution >= 4 is 29.9 Å². The van der Waals surface area contributed by atoms with E-state index >= 15 is 0 Å². The molecular weight excluding hydrogens is 263 g/mol. The van der Waals surface area contributed by atoms with Gasteiger partial charge in [0.1, 0.15) is 14.6 Å². The monoisotopic (exact) mass is 295 g/mol.